The monoisotopic (exact) mass is 411 g/mol. The van der Waals surface area contributed by atoms with Crippen molar-refractivity contribution in [2.45, 2.75) is 58.0 Å². The molecule has 30 heavy (non-hydrogen) atoms. The number of pyridine rings is 1. The minimum absolute atomic E-state index is 0.169. The first-order chi connectivity index (χ1) is 14.6. The second-order valence-electron chi connectivity index (χ2n) is 9.05. The van der Waals surface area contributed by atoms with Gasteiger partial charge in [-0.05, 0) is 50.8 Å². The Morgan fingerprint density at radius 3 is 2.73 bits per heavy atom. The van der Waals surface area contributed by atoms with Gasteiger partial charge in [0, 0.05) is 43.4 Å². The van der Waals surface area contributed by atoms with Crippen LogP contribution in [0.1, 0.15) is 55.5 Å². The maximum Gasteiger partial charge on any atom is 0.255 e. The van der Waals surface area contributed by atoms with E-state index in [9.17, 15) is 9.18 Å². The van der Waals surface area contributed by atoms with Crippen LogP contribution in [0.3, 0.4) is 0 Å². The number of aryl methyl sites for hydroxylation is 1. The zero-order valence-corrected chi connectivity index (χ0v) is 17.7. The van der Waals surface area contributed by atoms with Gasteiger partial charge in [-0.2, -0.15) is 0 Å². The van der Waals surface area contributed by atoms with E-state index in [-0.39, 0.29) is 17.3 Å². The Balaban J connectivity index is 1.40. The van der Waals surface area contributed by atoms with Gasteiger partial charge >= 0.3 is 0 Å². The van der Waals surface area contributed by atoms with Crippen molar-refractivity contribution >= 4 is 5.82 Å². The van der Waals surface area contributed by atoms with Crippen LogP contribution < -0.4 is 10.5 Å². The van der Waals surface area contributed by atoms with Crippen LogP contribution in [0.2, 0.25) is 0 Å². The van der Waals surface area contributed by atoms with Gasteiger partial charge < -0.3 is 9.47 Å². The molecule has 7 heteroatoms. The third kappa shape index (κ3) is 3.53. The number of likely N-dealkylation sites (tertiary alicyclic amines) is 1. The highest BCUT2D eigenvalue weighted by Crippen LogP contribution is 2.37. The summed E-state index contributed by atoms with van der Waals surface area (Å²) in [6.45, 7) is 6.98. The number of anilines is 1. The van der Waals surface area contributed by atoms with Crippen molar-refractivity contribution in [2.24, 2.45) is 5.92 Å². The molecule has 160 valence electrons. The highest BCUT2D eigenvalue weighted by Gasteiger charge is 2.36. The van der Waals surface area contributed by atoms with Crippen LogP contribution in [0.5, 0.6) is 0 Å². The highest BCUT2D eigenvalue weighted by atomic mass is 19.1. The Morgan fingerprint density at radius 2 is 1.93 bits per heavy atom. The largest absolute Gasteiger partial charge is 0.353 e. The molecule has 0 N–H and O–H groups in total. The molecule has 0 unspecified atom stereocenters. The number of nitrogens with zero attached hydrogens (tertiary/aromatic N) is 5. The number of rotatable bonds is 4. The Hall–Kier alpha value is -2.28. The Labute approximate surface area is 176 Å². The molecule has 3 aliphatic heterocycles. The molecule has 0 radical (unpaired) electrons. The van der Waals surface area contributed by atoms with Gasteiger partial charge in [0.15, 0.2) is 11.6 Å². The molecule has 2 saturated heterocycles. The predicted octanol–water partition coefficient (Wildman–Crippen LogP) is 2.95. The fraction of sp³-hybridized carbons (Fsp3) is 0.609. The average Bonchev–Trinajstić information content (AvgIpc) is 2.77. The van der Waals surface area contributed by atoms with Crippen LogP contribution in [0.4, 0.5) is 10.2 Å². The fourth-order valence-corrected chi connectivity index (χ4v) is 5.51. The van der Waals surface area contributed by atoms with Gasteiger partial charge in [-0.25, -0.2) is 14.4 Å². The summed E-state index contributed by atoms with van der Waals surface area (Å²) in [6, 6.07) is 4.17. The molecule has 2 aromatic heterocycles. The lowest BCUT2D eigenvalue weighted by Crippen LogP contribution is -2.48. The summed E-state index contributed by atoms with van der Waals surface area (Å²) in [7, 11) is 0. The number of aromatic nitrogens is 3. The minimum atomic E-state index is -0.297. The van der Waals surface area contributed by atoms with Crippen molar-refractivity contribution in [3.63, 3.8) is 0 Å². The first-order valence-corrected chi connectivity index (χ1v) is 11.3. The van der Waals surface area contributed by atoms with E-state index in [2.05, 4.69) is 25.8 Å². The first-order valence-electron chi connectivity index (χ1n) is 11.3. The first kappa shape index (κ1) is 19.7. The van der Waals surface area contributed by atoms with Crippen LogP contribution in [0.25, 0.3) is 0 Å². The van der Waals surface area contributed by atoms with Crippen molar-refractivity contribution < 1.29 is 4.39 Å². The second-order valence-corrected chi connectivity index (χ2v) is 9.05. The lowest BCUT2D eigenvalue weighted by molar-refractivity contribution is 0.218. The molecule has 0 aromatic carbocycles. The molecular weight excluding hydrogens is 381 g/mol. The van der Waals surface area contributed by atoms with Crippen LogP contribution in [-0.2, 0) is 19.5 Å². The molecule has 0 saturated carbocycles. The Bertz CT molecular complexity index is 984. The lowest BCUT2D eigenvalue weighted by Gasteiger charge is -2.43. The van der Waals surface area contributed by atoms with Crippen molar-refractivity contribution in [2.75, 3.05) is 31.1 Å². The van der Waals surface area contributed by atoms with Crippen LogP contribution >= 0.6 is 0 Å². The van der Waals surface area contributed by atoms with Gasteiger partial charge in [-0.15, -0.1) is 0 Å². The third-order valence-corrected chi connectivity index (χ3v) is 7.00. The Morgan fingerprint density at radius 1 is 1.10 bits per heavy atom. The third-order valence-electron chi connectivity index (χ3n) is 7.00. The quantitative estimate of drug-likeness (QED) is 0.774. The normalized spacial score (nSPS) is 24.0. The van der Waals surface area contributed by atoms with E-state index in [4.69, 9.17) is 0 Å². The smallest absolute Gasteiger partial charge is 0.255 e. The highest BCUT2D eigenvalue weighted by molar-refractivity contribution is 5.43. The number of halogens is 1. The average molecular weight is 412 g/mol. The molecule has 2 atom stereocenters. The standard InChI is InChI=1S/C23H30FN5O/c1-2-19-21(24)22(26-15-25-19)28-11-16-10-18(14-28)20-7-6-17(23(30)29(20)12-16)13-27-8-4-3-5-9-27/h6-7,15-16,18H,2-5,8-14H2,1H3/t16-,18+/m0/s1. The fourth-order valence-electron chi connectivity index (χ4n) is 5.51. The molecule has 3 aliphatic rings. The van der Waals surface area contributed by atoms with E-state index < -0.39 is 0 Å². The van der Waals surface area contributed by atoms with Crippen LogP contribution in [0, 0.1) is 11.7 Å². The number of hydrogen-bond donors (Lipinski definition) is 0. The summed E-state index contributed by atoms with van der Waals surface area (Å²) in [5, 5.41) is 0. The molecule has 0 aliphatic carbocycles. The van der Waals surface area contributed by atoms with Gasteiger partial charge in [0.05, 0.1) is 5.69 Å². The summed E-state index contributed by atoms with van der Waals surface area (Å²) in [6.07, 6.45) is 6.82. The SMILES string of the molecule is CCc1ncnc(N2C[C@@H]3C[C@H](C2)c2ccc(CN4CCCCC4)c(=O)n2C3)c1F. The maximum atomic E-state index is 14.8. The minimum Gasteiger partial charge on any atom is -0.353 e. The van der Waals surface area contributed by atoms with E-state index in [0.717, 1.165) is 43.9 Å². The molecule has 2 aromatic rings. The molecule has 5 heterocycles. The molecule has 6 nitrogen and oxygen atoms in total. The number of piperidine rings is 2. The topological polar surface area (TPSA) is 54.3 Å². The Kier molecular flexibility index (Phi) is 5.31. The summed E-state index contributed by atoms with van der Waals surface area (Å²) in [4.78, 5) is 26.0. The van der Waals surface area contributed by atoms with Gasteiger partial charge in [-0.3, -0.25) is 9.69 Å². The molecule has 2 bridgehead atoms. The molecule has 0 spiro atoms. The summed E-state index contributed by atoms with van der Waals surface area (Å²) in [5.74, 6) is 0.676. The number of fused-ring (bicyclic) bond motifs is 4. The zero-order valence-electron chi connectivity index (χ0n) is 17.7. The van der Waals surface area contributed by atoms with Crippen molar-refractivity contribution in [1.82, 2.24) is 19.4 Å². The van der Waals surface area contributed by atoms with Gasteiger partial charge in [-0.1, -0.05) is 19.4 Å². The second kappa shape index (κ2) is 8.10. The van der Waals surface area contributed by atoms with Crippen molar-refractivity contribution in [3.8, 4) is 0 Å². The van der Waals surface area contributed by atoms with Gasteiger partial charge in [0.25, 0.3) is 5.56 Å². The number of hydrogen-bond acceptors (Lipinski definition) is 5. The lowest BCUT2D eigenvalue weighted by atomic mass is 9.83. The predicted molar refractivity (Wildman–Crippen MR) is 114 cm³/mol. The zero-order chi connectivity index (χ0) is 20.7. The maximum absolute atomic E-state index is 14.8. The van der Waals surface area contributed by atoms with Gasteiger partial charge in [0.2, 0.25) is 0 Å². The van der Waals surface area contributed by atoms with E-state index in [1.165, 1.54) is 25.6 Å². The van der Waals surface area contributed by atoms with Crippen molar-refractivity contribution in [1.29, 1.82) is 0 Å². The van der Waals surface area contributed by atoms with E-state index >= 15 is 0 Å². The van der Waals surface area contributed by atoms with Crippen LogP contribution in [-0.4, -0.2) is 45.6 Å². The van der Waals surface area contributed by atoms with E-state index in [0.29, 0.717) is 36.9 Å². The summed E-state index contributed by atoms with van der Waals surface area (Å²) < 4.78 is 16.8. The molecular formula is C23H30FN5O. The van der Waals surface area contributed by atoms with Gasteiger partial charge in [0.1, 0.15) is 6.33 Å². The summed E-state index contributed by atoms with van der Waals surface area (Å²) in [5.41, 5.74) is 2.64. The van der Waals surface area contributed by atoms with E-state index in [1.807, 2.05) is 17.6 Å². The molecule has 5 rings (SSSR count). The summed E-state index contributed by atoms with van der Waals surface area (Å²) >= 11 is 0. The van der Waals surface area contributed by atoms with Crippen LogP contribution in [0.15, 0.2) is 23.3 Å². The van der Waals surface area contributed by atoms with Crippen molar-refractivity contribution in [3.05, 3.63) is 51.6 Å². The molecule has 2 fully saturated rings. The molecule has 0 amide bonds. The van der Waals surface area contributed by atoms with E-state index in [1.54, 1.807) is 0 Å².